The maximum atomic E-state index is 12.8. The van der Waals surface area contributed by atoms with Gasteiger partial charge >= 0.3 is 0 Å². The second-order valence-corrected chi connectivity index (χ2v) is 7.09. The minimum atomic E-state index is -0.392. The standard InChI is InChI=1S/C22H19Cl2N3O3/c1-2-27(14-20(28)26-21-18(23)6-3-7-19(21)24)22(29)15-8-10-16(11-9-15)30-17-5-4-12-25-13-17/h3-13H,2,14H2,1H3,(H,26,28). The zero-order valence-electron chi connectivity index (χ0n) is 16.1. The van der Waals surface area contributed by atoms with Crippen LogP contribution in [0.15, 0.2) is 67.0 Å². The van der Waals surface area contributed by atoms with Crippen LogP contribution in [0.1, 0.15) is 17.3 Å². The summed E-state index contributed by atoms with van der Waals surface area (Å²) in [5, 5.41) is 3.32. The number of pyridine rings is 1. The predicted molar refractivity (Wildman–Crippen MR) is 117 cm³/mol. The van der Waals surface area contributed by atoms with Crippen LogP contribution in [0.3, 0.4) is 0 Å². The minimum Gasteiger partial charge on any atom is -0.456 e. The van der Waals surface area contributed by atoms with E-state index in [1.165, 1.54) is 4.90 Å². The molecule has 0 atom stereocenters. The summed E-state index contributed by atoms with van der Waals surface area (Å²) < 4.78 is 5.68. The first-order valence-corrected chi connectivity index (χ1v) is 9.94. The van der Waals surface area contributed by atoms with Gasteiger partial charge in [-0.25, -0.2) is 0 Å². The van der Waals surface area contributed by atoms with Crippen molar-refractivity contribution in [2.75, 3.05) is 18.4 Å². The molecule has 0 aliphatic rings. The van der Waals surface area contributed by atoms with Crippen molar-refractivity contribution in [2.24, 2.45) is 0 Å². The number of halogens is 2. The van der Waals surface area contributed by atoms with Crippen LogP contribution in [0, 0.1) is 0 Å². The number of amides is 2. The average Bonchev–Trinajstić information content (AvgIpc) is 2.75. The lowest BCUT2D eigenvalue weighted by Crippen LogP contribution is -2.37. The summed E-state index contributed by atoms with van der Waals surface area (Å²) in [5.41, 5.74) is 0.769. The topological polar surface area (TPSA) is 71.5 Å². The third-order valence-corrected chi connectivity index (χ3v) is 4.83. The Morgan fingerprint density at radius 1 is 1.00 bits per heavy atom. The largest absolute Gasteiger partial charge is 0.456 e. The number of benzene rings is 2. The quantitative estimate of drug-likeness (QED) is 0.538. The van der Waals surface area contributed by atoms with Crippen LogP contribution in [0.4, 0.5) is 5.69 Å². The highest BCUT2D eigenvalue weighted by Gasteiger charge is 2.19. The number of nitrogens with zero attached hydrogens (tertiary/aromatic N) is 2. The molecule has 3 rings (SSSR count). The van der Waals surface area contributed by atoms with Crippen molar-refractivity contribution in [1.29, 1.82) is 0 Å². The number of carbonyl (C=O) groups excluding carboxylic acids is 2. The Balaban J connectivity index is 1.64. The molecule has 0 saturated heterocycles. The smallest absolute Gasteiger partial charge is 0.254 e. The Morgan fingerprint density at radius 3 is 2.30 bits per heavy atom. The Hall–Kier alpha value is -3.09. The third-order valence-electron chi connectivity index (χ3n) is 4.20. The molecular formula is C22H19Cl2N3O3. The van der Waals surface area contributed by atoms with Gasteiger partial charge in [0.1, 0.15) is 18.0 Å². The number of ether oxygens (including phenoxy) is 1. The maximum absolute atomic E-state index is 12.8. The highest BCUT2D eigenvalue weighted by atomic mass is 35.5. The molecule has 0 unspecified atom stereocenters. The number of anilines is 1. The molecule has 0 bridgehead atoms. The molecule has 8 heteroatoms. The van der Waals surface area contributed by atoms with E-state index in [-0.39, 0.29) is 12.5 Å². The Labute approximate surface area is 184 Å². The van der Waals surface area contributed by atoms with Crippen LogP contribution in [0.2, 0.25) is 10.0 Å². The van der Waals surface area contributed by atoms with Crippen LogP contribution < -0.4 is 10.1 Å². The van der Waals surface area contributed by atoms with Crippen molar-refractivity contribution < 1.29 is 14.3 Å². The molecule has 1 N–H and O–H groups in total. The number of rotatable bonds is 7. The van der Waals surface area contributed by atoms with E-state index in [4.69, 9.17) is 27.9 Å². The van der Waals surface area contributed by atoms with E-state index >= 15 is 0 Å². The molecule has 30 heavy (non-hydrogen) atoms. The van der Waals surface area contributed by atoms with Gasteiger partial charge in [-0.3, -0.25) is 14.6 Å². The number of carbonyl (C=O) groups is 2. The fourth-order valence-corrected chi connectivity index (χ4v) is 3.18. The summed E-state index contributed by atoms with van der Waals surface area (Å²) in [6, 6.07) is 15.2. The van der Waals surface area contributed by atoms with Crippen LogP contribution in [0.5, 0.6) is 11.5 Å². The van der Waals surface area contributed by atoms with E-state index in [0.29, 0.717) is 39.3 Å². The van der Waals surface area contributed by atoms with Crippen LogP contribution in [0.25, 0.3) is 0 Å². The van der Waals surface area contributed by atoms with Gasteiger partial charge in [-0.2, -0.15) is 0 Å². The van der Waals surface area contributed by atoms with Crippen molar-refractivity contribution in [3.05, 3.63) is 82.6 Å². The number of hydrogen-bond acceptors (Lipinski definition) is 4. The van der Waals surface area contributed by atoms with Crippen molar-refractivity contribution in [1.82, 2.24) is 9.88 Å². The highest BCUT2D eigenvalue weighted by molar-refractivity contribution is 6.39. The molecule has 0 spiro atoms. The van der Waals surface area contributed by atoms with Gasteiger partial charge in [0.2, 0.25) is 5.91 Å². The Kier molecular flexibility index (Phi) is 7.27. The fraction of sp³-hybridized carbons (Fsp3) is 0.136. The van der Waals surface area contributed by atoms with Gasteiger partial charge < -0.3 is 15.0 Å². The fourth-order valence-electron chi connectivity index (χ4n) is 2.69. The maximum Gasteiger partial charge on any atom is 0.254 e. The molecular weight excluding hydrogens is 425 g/mol. The second kappa shape index (κ2) is 10.1. The lowest BCUT2D eigenvalue weighted by Gasteiger charge is -2.21. The number of aromatic nitrogens is 1. The van der Waals surface area contributed by atoms with Crippen LogP contribution in [-0.2, 0) is 4.79 Å². The Bertz CT molecular complexity index is 1010. The van der Waals surface area contributed by atoms with Crippen molar-refractivity contribution >= 4 is 40.7 Å². The molecule has 0 aliphatic heterocycles. The van der Waals surface area contributed by atoms with E-state index in [1.807, 2.05) is 0 Å². The van der Waals surface area contributed by atoms with Crippen molar-refractivity contribution in [3.63, 3.8) is 0 Å². The monoisotopic (exact) mass is 443 g/mol. The zero-order valence-corrected chi connectivity index (χ0v) is 17.7. The summed E-state index contributed by atoms with van der Waals surface area (Å²) in [5.74, 6) is 0.512. The summed E-state index contributed by atoms with van der Waals surface area (Å²) in [4.78, 5) is 30.7. The lowest BCUT2D eigenvalue weighted by atomic mass is 10.2. The lowest BCUT2D eigenvalue weighted by molar-refractivity contribution is -0.116. The Morgan fingerprint density at radius 2 is 1.70 bits per heavy atom. The average molecular weight is 444 g/mol. The molecule has 0 fully saturated rings. The molecule has 0 radical (unpaired) electrons. The third kappa shape index (κ3) is 5.49. The molecule has 0 aliphatic carbocycles. The number of hydrogen-bond donors (Lipinski definition) is 1. The molecule has 0 saturated carbocycles. The van der Waals surface area contributed by atoms with Gasteiger partial charge in [-0.05, 0) is 55.5 Å². The minimum absolute atomic E-state index is 0.134. The normalized spacial score (nSPS) is 10.4. The first kappa shape index (κ1) is 21.6. The van der Waals surface area contributed by atoms with Gasteiger partial charge in [0.15, 0.2) is 0 Å². The van der Waals surface area contributed by atoms with Crippen LogP contribution in [-0.4, -0.2) is 34.8 Å². The molecule has 6 nitrogen and oxygen atoms in total. The first-order chi connectivity index (χ1) is 14.5. The molecule has 154 valence electrons. The zero-order chi connectivity index (χ0) is 21.5. The SMILES string of the molecule is CCN(CC(=O)Nc1c(Cl)cccc1Cl)C(=O)c1ccc(Oc2cccnc2)cc1. The van der Waals surface area contributed by atoms with E-state index < -0.39 is 5.91 Å². The van der Waals surface area contributed by atoms with Crippen LogP contribution >= 0.6 is 23.2 Å². The van der Waals surface area contributed by atoms with Gasteiger partial charge in [0.05, 0.1) is 21.9 Å². The van der Waals surface area contributed by atoms with Gasteiger partial charge in [0, 0.05) is 18.3 Å². The van der Waals surface area contributed by atoms with Crippen molar-refractivity contribution in [2.45, 2.75) is 6.92 Å². The molecule has 3 aromatic rings. The molecule has 2 amide bonds. The van der Waals surface area contributed by atoms with E-state index in [0.717, 1.165) is 0 Å². The molecule has 1 heterocycles. The summed E-state index contributed by atoms with van der Waals surface area (Å²) in [7, 11) is 0. The number of nitrogens with one attached hydrogen (secondary N) is 1. The van der Waals surface area contributed by atoms with Gasteiger partial charge in [-0.15, -0.1) is 0 Å². The van der Waals surface area contributed by atoms with E-state index in [9.17, 15) is 9.59 Å². The van der Waals surface area contributed by atoms with Crippen molar-refractivity contribution in [3.8, 4) is 11.5 Å². The summed E-state index contributed by atoms with van der Waals surface area (Å²) in [6.45, 7) is 2.02. The van der Waals surface area contributed by atoms with Gasteiger partial charge in [0.25, 0.3) is 5.91 Å². The summed E-state index contributed by atoms with van der Waals surface area (Å²) in [6.07, 6.45) is 3.26. The number of likely N-dealkylation sites (N-methyl/N-ethyl adjacent to an activating group) is 1. The highest BCUT2D eigenvalue weighted by Crippen LogP contribution is 2.29. The second-order valence-electron chi connectivity index (χ2n) is 6.28. The summed E-state index contributed by atoms with van der Waals surface area (Å²) >= 11 is 12.2. The predicted octanol–water partition coefficient (Wildman–Crippen LogP) is 5.28. The van der Waals surface area contributed by atoms with E-state index in [2.05, 4.69) is 10.3 Å². The van der Waals surface area contributed by atoms with Gasteiger partial charge in [-0.1, -0.05) is 29.3 Å². The van der Waals surface area contributed by atoms with E-state index in [1.54, 1.807) is 73.9 Å². The number of para-hydroxylation sites is 1. The molecule has 1 aromatic heterocycles. The first-order valence-electron chi connectivity index (χ1n) is 9.19. The molecule has 2 aromatic carbocycles.